The van der Waals surface area contributed by atoms with Gasteiger partial charge in [-0.25, -0.2) is 0 Å². The molecule has 0 aliphatic carbocycles. The van der Waals surface area contributed by atoms with Gasteiger partial charge in [0.2, 0.25) is 5.91 Å². The molecule has 1 aliphatic rings. The average molecular weight is 343 g/mol. The molecule has 0 unspecified atom stereocenters. The summed E-state index contributed by atoms with van der Waals surface area (Å²) in [5, 5.41) is 2.84. The van der Waals surface area contributed by atoms with Crippen LogP contribution in [0.3, 0.4) is 0 Å². The van der Waals surface area contributed by atoms with Gasteiger partial charge in [0.05, 0.1) is 20.1 Å². The van der Waals surface area contributed by atoms with Gasteiger partial charge in [-0.3, -0.25) is 4.79 Å². The Morgan fingerprint density at radius 2 is 1.88 bits per heavy atom. The Kier molecular flexibility index (Phi) is 5.61. The van der Waals surface area contributed by atoms with Crippen molar-refractivity contribution in [2.24, 2.45) is 0 Å². The molecule has 25 heavy (non-hydrogen) atoms. The van der Waals surface area contributed by atoms with Gasteiger partial charge in [-0.2, -0.15) is 0 Å². The number of hydrogen-bond acceptors (Lipinski definition) is 5. The number of fused-ring (bicyclic) bond motifs is 1. The van der Waals surface area contributed by atoms with Crippen LogP contribution >= 0.6 is 0 Å². The Labute approximate surface area is 146 Å². The minimum atomic E-state index is -0.0640. The van der Waals surface area contributed by atoms with Crippen molar-refractivity contribution in [3.63, 3.8) is 0 Å². The molecular weight excluding hydrogens is 322 g/mol. The van der Waals surface area contributed by atoms with Gasteiger partial charge in [-0.1, -0.05) is 12.1 Å². The third-order valence-electron chi connectivity index (χ3n) is 3.71. The first kappa shape index (κ1) is 17.0. The van der Waals surface area contributed by atoms with Gasteiger partial charge in [-0.15, -0.1) is 0 Å². The predicted molar refractivity (Wildman–Crippen MR) is 92.6 cm³/mol. The second kappa shape index (κ2) is 8.28. The Morgan fingerprint density at radius 1 is 1.08 bits per heavy atom. The van der Waals surface area contributed by atoms with E-state index in [1.54, 1.807) is 13.2 Å². The predicted octanol–water partition coefficient (Wildman–Crippen LogP) is 2.20. The molecule has 0 fully saturated rings. The van der Waals surface area contributed by atoms with E-state index in [-0.39, 0.29) is 12.3 Å². The van der Waals surface area contributed by atoms with Crippen molar-refractivity contribution in [2.45, 2.75) is 6.42 Å². The highest BCUT2D eigenvalue weighted by Gasteiger charge is 2.13. The van der Waals surface area contributed by atoms with Gasteiger partial charge in [0, 0.05) is 6.07 Å². The molecule has 2 aromatic carbocycles. The SMILES string of the molecule is COc1cccc(OCCNC(=O)Cc2ccc3c(c2)OCCO3)c1. The normalized spacial score (nSPS) is 12.4. The van der Waals surface area contributed by atoms with Crippen molar-refractivity contribution < 1.29 is 23.7 Å². The molecule has 0 spiro atoms. The van der Waals surface area contributed by atoms with Crippen molar-refractivity contribution >= 4 is 5.91 Å². The van der Waals surface area contributed by atoms with Gasteiger partial charge in [-0.05, 0) is 29.8 Å². The maximum absolute atomic E-state index is 12.0. The zero-order valence-corrected chi connectivity index (χ0v) is 14.1. The van der Waals surface area contributed by atoms with Crippen molar-refractivity contribution in [3.8, 4) is 23.0 Å². The fraction of sp³-hybridized carbons (Fsp3) is 0.316. The lowest BCUT2D eigenvalue weighted by molar-refractivity contribution is -0.120. The van der Waals surface area contributed by atoms with E-state index in [1.165, 1.54) is 0 Å². The summed E-state index contributed by atoms with van der Waals surface area (Å²) in [5.41, 5.74) is 0.885. The third kappa shape index (κ3) is 4.79. The molecule has 0 bridgehead atoms. The van der Waals surface area contributed by atoms with Crippen LogP contribution in [0.2, 0.25) is 0 Å². The maximum atomic E-state index is 12.0. The third-order valence-corrected chi connectivity index (χ3v) is 3.71. The summed E-state index contributed by atoms with van der Waals surface area (Å²) >= 11 is 0. The van der Waals surface area contributed by atoms with Gasteiger partial charge in [0.15, 0.2) is 11.5 Å². The van der Waals surface area contributed by atoms with Gasteiger partial charge >= 0.3 is 0 Å². The molecule has 0 saturated carbocycles. The largest absolute Gasteiger partial charge is 0.497 e. The van der Waals surface area contributed by atoms with Crippen LogP contribution in [0.15, 0.2) is 42.5 Å². The van der Waals surface area contributed by atoms with Gasteiger partial charge in [0.1, 0.15) is 31.3 Å². The molecule has 0 radical (unpaired) electrons. The van der Waals surface area contributed by atoms with Crippen LogP contribution in [0.1, 0.15) is 5.56 Å². The van der Waals surface area contributed by atoms with Crippen LogP contribution in [0, 0.1) is 0 Å². The first-order valence-corrected chi connectivity index (χ1v) is 8.16. The average Bonchev–Trinajstić information content (AvgIpc) is 2.65. The molecule has 2 aromatic rings. The summed E-state index contributed by atoms with van der Waals surface area (Å²) in [6.07, 6.45) is 0.287. The molecule has 6 heteroatoms. The summed E-state index contributed by atoms with van der Waals surface area (Å²) in [6.45, 7) is 1.91. The lowest BCUT2D eigenvalue weighted by Crippen LogP contribution is -2.29. The molecule has 0 atom stereocenters. The summed E-state index contributed by atoms with van der Waals surface area (Å²) in [6, 6.07) is 12.9. The van der Waals surface area contributed by atoms with E-state index in [1.807, 2.05) is 36.4 Å². The fourth-order valence-electron chi connectivity index (χ4n) is 2.50. The summed E-state index contributed by atoms with van der Waals surface area (Å²) in [4.78, 5) is 12.0. The smallest absolute Gasteiger partial charge is 0.224 e. The number of amides is 1. The number of carbonyl (C=O) groups is 1. The molecule has 0 saturated heterocycles. The van der Waals surface area contributed by atoms with Crippen molar-refractivity contribution in [1.82, 2.24) is 5.32 Å². The second-order valence-corrected chi connectivity index (χ2v) is 5.53. The lowest BCUT2D eigenvalue weighted by atomic mass is 10.1. The number of hydrogen-bond donors (Lipinski definition) is 1. The lowest BCUT2D eigenvalue weighted by Gasteiger charge is -2.18. The molecule has 0 aromatic heterocycles. The molecule has 6 nitrogen and oxygen atoms in total. The zero-order valence-electron chi connectivity index (χ0n) is 14.1. The zero-order chi connectivity index (χ0) is 17.5. The molecule has 3 rings (SSSR count). The van der Waals surface area contributed by atoms with Crippen LogP contribution in [0.25, 0.3) is 0 Å². The first-order valence-electron chi connectivity index (χ1n) is 8.16. The number of carbonyl (C=O) groups excluding carboxylic acids is 1. The highest BCUT2D eigenvalue weighted by molar-refractivity contribution is 5.78. The van der Waals surface area contributed by atoms with E-state index in [9.17, 15) is 4.79 Å². The summed E-state index contributed by atoms with van der Waals surface area (Å²) < 4.78 is 21.7. The van der Waals surface area contributed by atoms with Crippen molar-refractivity contribution in [2.75, 3.05) is 33.5 Å². The van der Waals surface area contributed by atoms with E-state index in [4.69, 9.17) is 18.9 Å². The van der Waals surface area contributed by atoms with Crippen LogP contribution in [-0.2, 0) is 11.2 Å². The Hall–Kier alpha value is -2.89. The molecular formula is C19H21NO5. The minimum Gasteiger partial charge on any atom is -0.497 e. The van der Waals surface area contributed by atoms with Gasteiger partial charge in [0.25, 0.3) is 0 Å². The van der Waals surface area contributed by atoms with Crippen LogP contribution in [0.5, 0.6) is 23.0 Å². The van der Waals surface area contributed by atoms with Crippen LogP contribution in [-0.4, -0.2) is 39.4 Å². The van der Waals surface area contributed by atoms with Gasteiger partial charge < -0.3 is 24.3 Å². The summed E-state index contributed by atoms with van der Waals surface area (Å²) in [5.74, 6) is 2.80. The molecule has 1 heterocycles. The van der Waals surface area contributed by atoms with E-state index >= 15 is 0 Å². The van der Waals surface area contributed by atoms with Crippen LogP contribution in [0.4, 0.5) is 0 Å². The highest BCUT2D eigenvalue weighted by atomic mass is 16.6. The van der Waals surface area contributed by atoms with Crippen molar-refractivity contribution in [3.05, 3.63) is 48.0 Å². The molecule has 1 amide bonds. The monoisotopic (exact) mass is 343 g/mol. The molecule has 1 N–H and O–H groups in total. The van der Waals surface area contributed by atoms with Crippen LogP contribution < -0.4 is 24.3 Å². The quantitative estimate of drug-likeness (QED) is 0.781. The molecule has 1 aliphatic heterocycles. The molecule has 132 valence electrons. The Morgan fingerprint density at radius 3 is 2.72 bits per heavy atom. The van der Waals surface area contributed by atoms with E-state index in [0.29, 0.717) is 37.9 Å². The minimum absolute atomic E-state index is 0.0640. The highest BCUT2D eigenvalue weighted by Crippen LogP contribution is 2.30. The Bertz CT molecular complexity index is 732. The van der Waals surface area contributed by atoms with E-state index in [2.05, 4.69) is 5.32 Å². The van der Waals surface area contributed by atoms with Crippen molar-refractivity contribution in [1.29, 1.82) is 0 Å². The van der Waals surface area contributed by atoms with E-state index in [0.717, 1.165) is 17.1 Å². The number of rotatable bonds is 7. The van der Waals surface area contributed by atoms with E-state index < -0.39 is 0 Å². The first-order chi connectivity index (χ1) is 12.2. The summed E-state index contributed by atoms with van der Waals surface area (Å²) in [7, 11) is 1.61. The number of ether oxygens (including phenoxy) is 4. The Balaban J connectivity index is 1.42. The fourth-order valence-corrected chi connectivity index (χ4v) is 2.50. The maximum Gasteiger partial charge on any atom is 0.224 e. The second-order valence-electron chi connectivity index (χ2n) is 5.53. The number of methoxy groups -OCH3 is 1. The standard InChI is InChI=1S/C19H21NO5/c1-22-15-3-2-4-16(13-15)23-8-7-20-19(21)12-14-5-6-17-18(11-14)25-10-9-24-17/h2-6,11,13H,7-10,12H2,1H3,(H,20,21). The topological polar surface area (TPSA) is 66.0 Å². The number of benzene rings is 2. The number of nitrogens with one attached hydrogen (secondary N) is 1.